The summed E-state index contributed by atoms with van der Waals surface area (Å²) in [5.41, 5.74) is -0.449. The number of piperidine rings is 1. The van der Waals surface area contributed by atoms with E-state index < -0.39 is 5.60 Å². The maximum absolute atomic E-state index is 12.9. The third-order valence-electron chi connectivity index (χ3n) is 6.21. The van der Waals surface area contributed by atoms with Gasteiger partial charge in [0.2, 0.25) is 0 Å². The molecule has 2 aliphatic carbocycles. The summed E-state index contributed by atoms with van der Waals surface area (Å²) in [6, 6.07) is 0.265. The summed E-state index contributed by atoms with van der Waals surface area (Å²) in [5, 5.41) is 6.63. The van der Waals surface area contributed by atoms with Gasteiger partial charge in [0.1, 0.15) is 5.60 Å². The zero-order valence-corrected chi connectivity index (χ0v) is 15.2. The number of ether oxygens (including phenoxy) is 2. The highest BCUT2D eigenvalue weighted by molar-refractivity contribution is 5.86. The Labute approximate surface area is 145 Å². The number of methoxy groups -OCH3 is 1. The molecule has 134 valence electrons. The van der Waals surface area contributed by atoms with Crippen LogP contribution in [0.4, 0.5) is 0 Å². The first kappa shape index (κ1) is 19.0. The van der Waals surface area contributed by atoms with Crippen LogP contribution in [0.2, 0.25) is 0 Å². The second-order valence-corrected chi connectivity index (χ2v) is 7.09. The van der Waals surface area contributed by atoms with Gasteiger partial charge >= 0.3 is 0 Å². The third kappa shape index (κ3) is 3.26. The first-order valence-electron chi connectivity index (χ1n) is 8.85. The molecule has 0 radical (unpaired) electrons. The minimum Gasteiger partial charge on any atom is -0.378 e. The Kier molecular flexibility index (Phi) is 6.34. The van der Waals surface area contributed by atoms with Crippen molar-refractivity contribution in [1.29, 1.82) is 0 Å². The molecule has 5 nitrogen and oxygen atoms in total. The van der Waals surface area contributed by atoms with E-state index in [4.69, 9.17) is 9.47 Å². The van der Waals surface area contributed by atoms with Crippen molar-refractivity contribution in [3.05, 3.63) is 0 Å². The van der Waals surface area contributed by atoms with Gasteiger partial charge in [0.25, 0.3) is 5.91 Å². The van der Waals surface area contributed by atoms with Gasteiger partial charge in [0, 0.05) is 25.2 Å². The van der Waals surface area contributed by atoms with Gasteiger partial charge in [-0.25, -0.2) is 0 Å². The minimum atomic E-state index is -0.637. The number of carbonyl (C=O) groups is 1. The average molecular weight is 347 g/mol. The van der Waals surface area contributed by atoms with Gasteiger partial charge in [-0.3, -0.25) is 4.79 Å². The number of hydrogen-bond acceptors (Lipinski definition) is 4. The van der Waals surface area contributed by atoms with Crippen LogP contribution in [0.3, 0.4) is 0 Å². The van der Waals surface area contributed by atoms with Crippen LogP contribution < -0.4 is 10.6 Å². The van der Waals surface area contributed by atoms with Gasteiger partial charge in [-0.15, -0.1) is 12.4 Å². The van der Waals surface area contributed by atoms with Crippen LogP contribution in [0.15, 0.2) is 0 Å². The first-order chi connectivity index (χ1) is 10.7. The van der Waals surface area contributed by atoms with Crippen LogP contribution in [0.5, 0.6) is 0 Å². The molecule has 2 unspecified atom stereocenters. The Bertz CT molecular complexity index is 407. The third-order valence-corrected chi connectivity index (χ3v) is 6.21. The van der Waals surface area contributed by atoms with Crippen LogP contribution in [-0.4, -0.2) is 50.5 Å². The fraction of sp³-hybridized carbons (Fsp3) is 0.941. The second-order valence-electron chi connectivity index (χ2n) is 7.09. The standard InChI is InChI=1S/C17H30N2O3.ClH/c1-3-22-14-12-13(16(14)6-4-5-7-16)19-15(20)17(21-2)8-10-18-11-9-17;/h13-14,18H,3-12H2,1-2H3,(H,19,20);1H. The van der Waals surface area contributed by atoms with E-state index in [1.54, 1.807) is 7.11 Å². The number of nitrogens with one attached hydrogen (secondary N) is 2. The van der Waals surface area contributed by atoms with Gasteiger partial charge in [-0.05, 0) is 52.1 Å². The van der Waals surface area contributed by atoms with Crippen molar-refractivity contribution in [2.75, 3.05) is 26.8 Å². The largest absolute Gasteiger partial charge is 0.378 e. The smallest absolute Gasteiger partial charge is 0.252 e. The summed E-state index contributed by atoms with van der Waals surface area (Å²) in [6.07, 6.45) is 7.68. The number of carbonyl (C=O) groups excluding carboxylic acids is 1. The van der Waals surface area contributed by atoms with Crippen molar-refractivity contribution in [3.8, 4) is 0 Å². The normalized spacial score (nSPS) is 31.2. The van der Waals surface area contributed by atoms with Crippen LogP contribution in [0.1, 0.15) is 51.9 Å². The molecule has 1 heterocycles. The molecule has 3 fully saturated rings. The van der Waals surface area contributed by atoms with Crippen LogP contribution >= 0.6 is 12.4 Å². The molecule has 1 spiro atoms. The van der Waals surface area contributed by atoms with E-state index in [0.29, 0.717) is 6.10 Å². The van der Waals surface area contributed by atoms with E-state index in [1.165, 1.54) is 25.7 Å². The van der Waals surface area contributed by atoms with Gasteiger partial charge in [0.05, 0.1) is 6.10 Å². The molecule has 3 aliphatic rings. The molecule has 2 saturated carbocycles. The molecule has 1 amide bonds. The summed E-state index contributed by atoms with van der Waals surface area (Å²) in [7, 11) is 1.67. The SMILES string of the molecule is CCOC1CC(NC(=O)C2(OC)CCNCC2)C12CCCC2.Cl. The Morgan fingerprint density at radius 1 is 1.22 bits per heavy atom. The fourth-order valence-corrected chi connectivity index (χ4v) is 4.73. The number of amides is 1. The van der Waals surface area contributed by atoms with Gasteiger partial charge in [0.15, 0.2) is 0 Å². The second kappa shape index (κ2) is 7.68. The molecule has 3 rings (SSSR count). The summed E-state index contributed by atoms with van der Waals surface area (Å²) in [4.78, 5) is 12.9. The van der Waals surface area contributed by atoms with Gasteiger partial charge < -0.3 is 20.1 Å². The molecule has 0 bridgehead atoms. The quantitative estimate of drug-likeness (QED) is 0.799. The molecule has 0 aromatic heterocycles. The highest BCUT2D eigenvalue weighted by Crippen LogP contribution is 2.54. The van der Waals surface area contributed by atoms with E-state index >= 15 is 0 Å². The highest BCUT2D eigenvalue weighted by Gasteiger charge is 2.58. The zero-order valence-electron chi connectivity index (χ0n) is 14.4. The maximum Gasteiger partial charge on any atom is 0.252 e. The van der Waals surface area contributed by atoms with Crippen molar-refractivity contribution < 1.29 is 14.3 Å². The Morgan fingerprint density at radius 2 is 1.87 bits per heavy atom. The maximum atomic E-state index is 12.9. The van der Waals surface area contributed by atoms with Crippen LogP contribution in [-0.2, 0) is 14.3 Å². The van der Waals surface area contributed by atoms with E-state index in [1.807, 2.05) is 0 Å². The summed E-state index contributed by atoms with van der Waals surface area (Å²) < 4.78 is 11.6. The molecule has 23 heavy (non-hydrogen) atoms. The molecule has 1 saturated heterocycles. The molecule has 2 N–H and O–H groups in total. The van der Waals surface area contributed by atoms with Crippen molar-refractivity contribution >= 4 is 18.3 Å². The molecular formula is C17H31ClN2O3. The number of hydrogen-bond donors (Lipinski definition) is 2. The van der Waals surface area contributed by atoms with E-state index in [9.17, 15) is 4.79 Å². The lowest BCUT2D eigenvalue weighted by Gasteiger charge is -2.54. The van der Waals surface area contributed by atoms with E-state index in [2.05, 4.69) is 17.6 Å². The summed E-state index contributed by atoms with van der Waals surface area (Å²) >= 11 is 0. The van der Waals surface area contributed by atoms with Crippen molar-refractivity contribution in [2.45, 2.75) is 69.6 Å². The van der Waals surface area contributed by atoms with Gasteiger partial charge in [-0.1, -0.05) is 12.8 Å². The van der Waals surface area contributed by atoms with Crippen molar-refractivity contribution in [2.24, 2.45) is 5.41 Å². The zero-order chi connectivity index (χ0) is 15.6. The van der Waals surface area contributed by atoms with Crippen LogP contribution in [0, 0.1) is 5.41 Å². The Morgan fingerprint density at radius 3 is 2.43 bits per heavy atom. The number of halogens is 1. The molecular weight excluding hydrogens is 316 g/mol. The van der Waals surface area contributed by atoms with E-state index in [-0.39, 0.29) is 29.8 Å². The molecule has 0 aromatic rings. The summed E-state index contributed by atoms with van der Waals surface area (Å²) in [6.45, 7) is 4.52. The molecule has 6 heteroatoms. The Hall–Kier alpha value is -0.360. The predicted octanol–water partition coefficient (Wildman–Crippen LogP) is 2.03. The first-order valence-corrected chi connectivity index (χ1v) is 8.85. The predicted molar refractivity (Wildman–Crippen MR) is 92.0 cm³/mol. The lowest BCUT2D eigenvalue weighted by atomic mass is 9.60. The monoisotopic (exact) mass is 346 g/mol. The lowest BCUT2D eigenvalue weighted by molar-refractivity contribution is -0.161. The lowest BCUT2D eigenvalue weighted by Crippen LogP contribution is -2.67. The topological polar surface area (TPSA) is 59.6 Å². The molecule has 0 aromatic carbocycles. The van der Waals surface area contributed by atoms with E-state index in [0.717, 1.165) is 39.0 Å². The minimum absolute atomic E-state index is 0. The molecule has 2 atom stereocenters. The molecule has 1 aliphatic heterocycles. The highest BCUT2D eigenvalue weighted by atomic mass is 35.5. The van der Waals surface area contributed by atoms with Crippen molar-refractivity contribution in [3.63, 3.8) is 0 Å². The fourth-order valence-electron chi connectivity index (χ4n) is 4.73. The van der Waals surface area contributed by atoms with Crippen molar-refractivity contribution in [1.82, 2.24) is 10.6 Å². The number of rotatable bonds is 5. The van der Waals surface area contributed by atoms with Gasteiger partial charge in [-0.2, -0.15) is 0 Å². The summed E-state index contributed by atoms with van der Waals surface area (Å²) in [5.74, 6) is 0.0859. The van der Waals surface area contributed by atoms with Crippen LogP contribution in [0.25, 0.3) is 0 Å². The Balaban J connectivity index is 0.00000192. The average Bonchev–Trinajstić information content (AvgIpc) is 3.07.